The number of rotatable bonds is 3. The lowest BCUT2D eigenvalue weighted by atomic mass is 10.3. The van der Waals surface area contributed by atoms with Gasteiger partial charge >= 0.3 is 0 Å². The molecule has 0 radical (unpaired) electrons. The Morgan fingerprint density at radius 3 is 2.67 bits per heavy atom. The number of hydrogen-bond acceptors (Lipinski definition) is 3. The van der Waals surface area contributed by atoms with Crippen LogP contribution in [0.1, 0.15) is 37.2 Å². The van der Waals surface area contributed by atoms with Crippen LogP contribution in [0.2, 0.25) is 0 Å². The maximum Gasteiger partial charge on any atom is 0.282 e. The van der Waals surface area contributed by atoms with Crippen LogP contribution in [0.25, 0.3) is 0 Å². The fourth-order valence-electron chi connectivity index (χ4n) is 1.57. The summed E-state index contributed by atoms with van der Waals surface area (Å²) in [4.78, 5) is -0.134. The highest BCUT2D eigenvalue weighted by molar-refractivity contribution is 7.80. The van der Waals surface area contributed by atoms with Gasteiger partial charge in [0.2, 0.25) is 0 Å². The molecule has 1 aliphatic carbocycles. The van der Waals surface area contributed by atoms with Crippen molar-refractivity contribution in [3.8, 4) is 0 Å². The normalized spacial score (nSPS) is 24.5. The highest BCUT2D eigenvalue weighted by Gasteiger charge is 2.39. The summed E-state index contributed by atoms with van der Waals surface area (Å²) in [5.74, 6) is 0.364. The molecular weight excluding hydrogens is 222 g/mol. The molecule has 0 saturated heterocycles. The monoisotopic (exact) mass is 232 g/mol. The fraction of sp³-hybridized carbons (Fsp3) is 0.625. The second-order valence-corrected chi connectivity index (χ2v) is 4.15. The van der Waals surface area contributed by atoms with Crippen molar-refractivity contribution in [3.05, 3.63) is 11.4 Å². The number of nitrogens with zero attached hydrogens (tertiary/aromatic N) is 3. The number of alkyl halides is 2. The van der Waals surface area contributed by atoms with Gasteiger partial charge in [0.15, 0.2) is 0 Å². The van der Waals surface area contributed by atoms with Crippen molar-refractivity contribution in [2.24, 2.45) is 11.7 Å². The van der Waals surface area contributed by atoms with Gasteiger partial charge in [-0.25, -0.2) is 13.5 Å². The Balaban J connectivity index is 2.43. The third kappa shape index (κ3) is 1.71. The minimum Gasteiger partial charge on any atom is -0.388 e. The van der Waals surface area contributed by atoms with Gasteiger partial charge in [-0.3, -0.25) is 0 Å². The molecule has 0 aromatic carbocycles. The first-order valence-corrected chi connectivity index (χ1v) is 4.96. The van der Waals surface area contributed by atoms with E-state index in [2.05, 4.69) is 22.5 Å². The van der Waals surface area contributed by atoms with Crippen LogP contribution in [-0.4, -0.2) is 20.0 Å². The quantitative estimate of drug-likeness (QED) is 0.801. The van der Waals surface area contributed by atoms with Crippen LogP contribution in [0.15, 0.2) is 0 Å². The Morgan fingerprint density at radius 2 is 2.27 bits per heavy atom. The fourth-order valence-corrected chi connectivity index (χ4v) is 1.71. The van der Waals surface area contributed by atoms with E-state index in [0.717, 1.165) is 6.42 Å². The molecule has 2 rings (SSSR count). The Hall–Kier alpha value is -1.11. The van der Waals surface area contributed by atoms with Crippen molar-refractivity contribution >= 4 is 17.2 Å². The van der Waals surface area contributed by atoms with Gasteiger partial charge in [0.1, 0.15) is 16.4 Å². The molecule has 1 aromatic rings. The lowest BCUT2D eigenvalue weighted by Crippen LogP contribution is -2.14. The lowest BCUT2D eigenvalue weighted by Gasteiger charge is -2.05. The number of nitrogens with two attached hydrogens (primary N) is 1. The third-order valence-electron chi connectivity index (χ3n) is 2.55. The number of thiocarbonyl (C=S) groups is 1. The van der Waals surface area contributed by atoms with Crippen LogP contribution in [0.3, 0.4) is 0 Å². The molecule has 1 saturated carbocycles. The predicted octanol–water partition coefficient (Wildman–Crippen LogP) is 1.43. The van der Waals surface area contributed by atoms with Crippen molar-refractivity contribution in [2.75, 3.05) is 0 Å². The van der Waals surface area contributed by atoms with Gasteiger partial charge < -0.3 is 5.73 Å². The van der Waals surface area contributed by atoms with Crippen molar-refractivity contribution in [1.82, 2.24) is 15.0 Å². The van der Waals surface area contributed by atoms with Gasteiger partial charge in [-0.2, -0.15) is 0 Å². The Kier molecular flexibility index (Phi) is 2.41. The smallest absolute Gasteiger partial charge is 0.282 e. The van der Waals surface area contributed by atoms with E-state index in [0.29, 0.717) is 5.92 Å². The van der Waals surface area contributed by atoms with Crippen molar-refractivity contribution in [3.63, 3.8) is 0 Å². The van der Waals surface area contributed by atoms with Gasteiger partial charge in [0.25, 0.3) is 6.43 Å². The molecule has 0 spiro atoms. The van der Waals surface area contributed by atoms with Crippen molar-refractivity contribution in [1.29, 1.82) is 0 Å². The van der Waals surface area contributed by atoms with E-state index in [4.69, 9.17) is 5.73 Å². The van der Waals surface area contributed by atoms with Crippen LogP contribution >= 0.6 is 12.2 Å². The first-order valence-electron chi connectivity index (χ1n) is 4.55. The molecule has 1 heterocycles. The van der Waals surface area contributed by atoms with E-state index in [1.54, 1.807) is 0 Å². The van der Waals surface area contributed by atoms with Crippen LogP contribution in [0.5, 0.6) is 0 Å². The van der Waals surface area contributed by atoms with Gasteiger partial charge in [0, 0.05) is 0 Å². The highest BCUT2D eigenvalue weighted by atomic mass is 32.1. The zero-order valence-electron chi connectivity index (χ0n) is 8.02. The Bertz CT molecular complexity index is 403. The molecule has 1 aliphatic rings. The van der Waals surface area contributed by atoms with E-state index in [1.807, 2.05) is 6.92 Å². The van der Waals surface area contributed by atoms with Gasteiger partial charge in [-0.05, 0) is 12.3 Å². The second kappa shape index (κ2) is 3.48. The summed E-state index contributed by atoms with van der Waals surface area (Å²) in [7, 11) is 0. The van der Waals surface area contributed by atoms with E-state index in [9.17, 15) is 8.78 Å². The molecule has 15 heavy (non-hydrogen) atoms. The molecule has 2 N–H and O–H groups in total. The topological polar surface area (TPSA) is 56.7 Å². The molecule has 0 bridgehead atoms. The minimum absolute atomic E-state index is 0.0181. The van der Waals surface area contributed by atoms with Crippen LogP contribution in [0, 0.1) is 5.92 Å². The molecule has 2 atom stereocenters. The molecule has 0 amide bonds. The van der Waals surface area contributed by atoms with Crippen LogP contribution in [0.4, 0.5) is 8.78 Å². The van der Waals surface area contributed by atoms with Crippen LogP contribution < -0.4 is 5.73 Å². The summed E-state index contributed by atoms with van der Waals surface area (Å²) in [5.41, 5.74) is 4.99. The largest absolute Gasteiger partial charge is 0.388 e. The number of aromatic nitrogens is 3. The zero-order valence-corrected chi connectivity index (χ0v) is 8.84. The summed E-state index contributed by atoms with van der Waals surface area (Å²) in [6.45, 7) is 1.97. The number of halogens is 2. The second-order valence-electron chi connectivity index (χ2n) is 3.71. The summed E-state index contributed by atoms with van der Waals surface area (Å²) in [5, 5.41) is 7.29. The molecule has 2 unspecified atom stereocenters. The molecule has 1 aromatic heterocycles. The molecule has 1 fully saturated rings. The van der Waals surface area contributed by atoms with Crippen molar-refractivity contribution < 1.29 is 8.78 Å². The zero-order chi connectivity index (χ0) is 11.2. The molecule has 82 valence electrons. The Morgan fingerprint density at radius 1 is 1.67 bits per heavy atom. The summed E-state index contributed by atoms with van der Waals surface area (Å²) >= 11 is 4.65. The van der Waals surface area contributed by atoms with Gasteiger partial charge in [-0.15, -0.1) is 5.10 Å². The maximum absolute atomic E-state index is 12.8. The lowest BCUT2D eigenvalue weighted by molar-refractivity contribution is 0.138. The summed E-state index contributed by atoms with van der Waals surface area (Å²) < 4.78 is 26.8. The van der Waals surface area contributed by atoms with E-state index in [-0.39, 0.29) is 22.4 Å². The standard InChI is InChI=1S/C8H10F2N4S/c1-3-2-4(3)14-6(7(9)10)5(8(11)15)12-13-14/h3-4,7H,2H2,1H3,(H2,11,15). The third-order valence-corrected chi connectivity index (χ3v) is 2.75. The SMILES string of the molecule is CC1CC1n1nnc(C(N)=S)c1C(F)F. The minimum atomic E-state index is -2.65. The predicted molar refractivity (Wildman–Crippen MR) is 53.7 cm³/mol. The molecule has 4 nitrogen and oxygen atoms in total. The van der Waals surface area contributed by atoms with Crippen molar-refractivity contribution in [2.45, 2.75) is 25.8 Å². The van der Waals surface area contributed by atoms with Crippen LogP contribution in [-0.2, 0) is 0 Å². The average molecular weight is 232 g/mol. The maximum atomic E-state index is 12.8. The summed E-state index contributed by atoms with van der Waals surface area (Å²) in [6.07, 6.45) is -1.80. The molecule has 7 heteroatoms. The first kappa shape index (κ1) is 10.4. The van der Waals surface area contributed by atoms with E-state index < -0.39 is 6.43 Å². The highest BCUT2D eigenvalue weighted by Crippen LogP contribution is 2.44. The van der Waals surface area contributed by atoms with E-state index in [1.165, 1.54) is 4.68 Å². The molecular formula is C8H10F2N4S. The first-order chi connectivity index (χ1) is 7.02. The molecule has 0 aliphatic heterocycles. The van der Waals surface area contributed by atoms with E-state index >= 15 is 0 Å². The van der Waals surface area contributed by atoms with Gasteiger partial charge in [0.05, 0.1) is 6.04 Å². The number of hydrogen-bond donors (Lipinski definition) is 1. The van der Waals surface area contributed by atoms with Gasteiger partial charge in [-0.1, -0.05) is 24.4 Å². The summed E-state index contributed by atoms with van der Waals surface area (Å²) in [6, 6.07) is 0.0181. The Labute approximate surface area is 90.4 Å². The average Bonchev–Trinajstić information content (AvgIpc) is 2.71.